The molecule has 0 bridgehead atoms. The lowest BCUT2D eigenvalue weighted by Crippen LogP contribution is -2.54. The molecule has 0 radical (unpaired) electrons. The molecule has 248 valence electrons. The molecule has 48 heavy (non-hydrogen) atoms. The highest BCUT2D eigenvalue weighted by Gasteiger charge is 2.52. The predicted molar refractivity (Wildman–Crippen MR) is 175 cm³/mol. The van der Waals surface area contributed by atoms with E-state index in [1.54, 1.807) is 19.1 Å². The second-order valence-electron chi connectivity index (χ2n) is 12.5. The van der Waals surface area contributed by atoms with E-state index in [1.807, 2.05) is 54.6 Å². The van der Waals surface area contributed by atoms with E-state index in [4.69, 9.17) is 9.26 Å². The van der Waals surface area contributed by atoms with E-state index in [9.17, 15) is 23.9 Å². The Kier molecular flexibility index (Phi) is 9.61. The Labute approximate surface area is 277 Å². The van der Waals surface area contributed by atoms with E-state index >= 15 is 0 Å². The van der Waals surface area contributed by atoms with E-state index in [1.165, 1.54) is 11.0 Å². The SMILES string of the molecule is C=C(C)C(=O)COC(=O)C1(C(=O)N2CCC(O)C2)CCN(Cc2ccc(-c3noc(-c4ccc(-c5ccccc5)c(F)c4)n3)cc2)CC1. The minimum absolute atomic E-state index is 0.175. The monoisotopic (exact) mass is 652 g/mol. The molecule has 0 spiro atoms. The third-order valence-electron chi connectivity index (χ3n) is 9.12. The van der Waals surface area contributed by atoms with Crippen LogP contribution in [0.3, 0.4) is 0 Å². The number of Topliss-reactive ketones (excluding diaryl/α,β-unsaturated/α-hetero) is 1. The number of aliphatic hydroxyl groups excluding tert-OH is 1. The average molecular weight is 653 g/mol. The first-order chi connectivity index (χ1) is 23.1. The summed E-state index contributed by atoms with van der Waals surface area (Å²) in [5.74, 6) is -1.25. The van der Waals surface area contributed by atoms with Gasteiger partial charge in [0.2, 0.25) is 11.7 Å². The largest absolute Gasteiger partial charge is 0.456 e. The van der Waals surface area contributed by atoms with Crippen LogP contribution in [0.4, 0.5) is 4.39 Å². The lowest BCUT2D eigenvalue weighted by Gasteiger charge is -2.40. The van der Waals surface area contributed by atoms with Gasteiger partial charge < -0.3 is 19.3 Å². The fourth-order valence-corrected chi connectivity index (χ4v) is 6.19. The Hall–Kier alpha value is -5.00. The van der Waals surface area contributed by atoms with Crippen LogP contribution >= 0.6 is 0 Å². The standard InChI is InChI=1S/C37H37FN4O6/c1-24(2)32(44)23-47-36(46)37(35(45)42-17-14-29(43)22-42)15-18-41(19-16-37)21-25-8-10-27(11-9-25)33-39-34(48-40-33)28-12-13-30(31(38)20-28)26-6-4-3-5-7-26/h3-13,20,29,43H,1,14-19,21-23H2,2H3. The first-order valence-corrected chi connectivity index (χ1v) is 16.0. The van der Waals surface area contributed by atoms with Crippen LogP contribution in [-0.2, 0) is 25.7 Å². The molecule has 0 aliphatic carbocycles. The minimum atomic E-state index is -1.42. The van der Waals surface area contributed by atoms with Crippen molar-refractivity contribution < 1.29 is 33.1 Å². The van der Waals surface area contributed by atoms with Gasteiger partial charge in [0.25, 0.3) is 5.89 Å². The van der Waals surface area contributed by atoms with Crippen molar-refractivity contribution in [2.75, 3.05) is 32.8 Å². The number of ketones is 1. The molecule has 2 fully saturated rings. The Bertz CT molecular complexity index is 1820. The second-order valence-corrected chi connectivity index (χ2v) is 12.5. The minimum Gasteiger partial charge on any atom is -0.456 e. The van der Waals surface area contributed by atoms with Gasteiger partial charge in [0.1, 0.15) is 11.2 Å². The first-order valence-electron chi connectivity index (χ1n) is 16.0. The second kappa shape index (κ2) is 14.0. The molecule has 1 aromatic heterocycles. The van der Waals surface area contributed by atoms with Crippen LogP contribution in [0.15, 0.2) is 89.5 Å². The summed E-state index contributed by atoms with van der Waals surface area (Å²) in [4.78, 5) is 47.3. The van der Waals surface area contributed by atoms with E-state index < -0.39 is 29.9 Å². The van der Waals surface area contributed by atoms with Crippen LogP contribution in [0.5, 0.6) is 0 Å². The number of aromatic nitrogens is 2. The molecular formula is C37H37FN4O6. The van der Waals surface area contributed by atoms with Gasteiger partial charge in [-0.05, 0) is 55.0 Å². The molecule has 2 saturated heterocycles. The Morgan fingerprint density at radius 3 is 2.35 bits per heavy atom. The summed E-state index contributed by atoms with van der Waals surface area (Å²) >= 11 is 0. The summed E-state index contributed by atoms with van der Waals surface area (Å²) in [5.41, 5.74) is 2.35. The molecule has 2 aliphatic rings. The van der Waals surface area contributed by atoms with Crippen molar-refractivity contribution in [3.63, 3.8) is 0 Å². The van der Waals surface area contributed by atoms with Gasteiger partial charge in [-0.25, -0.2) is 4.39 Å². The van der Waals surface area contributed by atoms with Crippen molar-refractivity contribution in [1.29, 1.82) is 0 Å². The number of hydrogen-bond donors (Lipinski definition) is 1. The molecule has 2 aliphatic heterocycles. The zero-order chi connectivity index (χ0) is 33.8. The molecule has 3 aromatic carbocycles. The Balaban J connectivity index is 1.09. The molecule has 0 saturated carbocycles. The fraction of sp³-hybridized carbons (Fsp3) is 0.324. The molecule has 10 nitrogen and oxygen atoms in total. The van der Waals surface area contributed by atoms with Gasteiger partial charge >= 0.3 is 5.97 Å². The van der Waals surface area contributed by atoms with Crippen molar-refractivity contribution in [1.82, 2.24) is 19.9 Å². The van der Waals surface area contributed by atoms with Crippen molar-refractivity contribution in [2.45, 2.75) is 38.8 Å². The molecule has 1 N–H and O–H groups in total. The van der Waals surface area contributed by atoms with Crippen molar-refractivity contribution in [3.8, 4) is 34.0 Å². The average Bonchev–Trinajstić information content (AvgIpc) is 3.77. The highest BCUT2D eigenvalue weighted by Crippen LogP contribution is 2.37. The van der Waals surface area contributed by atoms with Gasteiger partial charge in [-0.1, -0.05) is 72.4 Å². The first kappa shape index (κ1) is 32.9. The summed E-state index contributed by atoms with van der Waals surface area (Å²) in [6.45, 7) is 6.73. The highest BCUT2D eigenvalue weighted by molar-refractivity contribution is 6.04. The van der Waals surface area contributed by atoms with E-state index in [2.05, 4.69) is 21.6 Å². The number of ether oxygens (including phenoxy) is 1. The molecule has 3 heterocycles. The van der Waals surface area contributed by atoms with Gasteiger partial charge in [0.15, 0.2) is 12.4 Å². The molecule has 1 unspecified atom stereocenters. The van der Waals surface area contributed by atoms with Crippen molar-refractivity contribution >= 4 is 17.7 Å². The van der Waals surface area contributed by atoms with Gasteiger partial charge in [-0.2, -0.15) is 4.98 Å². The number of piperidine rings is 1. The summed E-state index contributed by atoms with van der Waals surface area (Å²) in [7, 11) is 0. The highest BCUT2D eigenvalue weighted by atomic mass is 19.1. The van der Waals surface area contributed by atoms with E-state index in [0.29, 0.717) is 49.6 Å². The maximum Gasteiger partial charge on any atom is 0.322 e. The van der Waals surface area contributed by atoms with Crippen molar-refractivity contribution in [3.05, 3.63) is 96.3 Å². The van der Waals surface area contributed by atoms with Crippen LogP contribution in [0.1, 0.15) is 31.7 Å². The van der Waals surface area contributed by atoms with Crippen LogP contribution < -0.4 is 0 Å². The maximum atomic E-state index is 14.9. The number of nitrogens with zero attached hydrogens (tertiary/aromatic N) is 4. The zero-order valence-corrected chi connectivity index (χ0v) is 26.7. The van der Waals surface area contributed by atoms with Crippen LogP contribution in [0, 0.1) is 11.2 Å². The number of benzene rings is 3. The number of β-amino-alcohol motifs (C(OH)–C–C–N with tert-alkyl or cyclic N) is 1. The molecule has 4 aromatic rings. The lowest BCUT2D eigenvalue weighted by molar-refractivity contribution is -0.170. The number of carbonyl (C=O) groups is 3. The predicted octanol–water partition coefficient (Wildman–Crippen LogP) is 5.07. The third-order valence-corrected chi connectivity index (χ3v) is 9.12. The van der Waals surface area contributed by atoms with E-state index in [-0.39, 0.29) is 42.6 Å². The lowest BCUT2D eigenvalue weighted by atomic mass is 9.76. The van der Waals surface area contributed by atoms with E-state index in [0.717, 1.165) is 16.7 Å². The number of likely N-dealkylation sites (tertiary alicyclic amines) is 2. The van der Waals surface area contributed by atoms with Crippen LogP contribution in [-0.4, -0.2) is 81.6 Å². The molecule has 11 heteroatoms. The summed E-state index contributed by atoms with van der Waals surface area (Å²) in [5, 5.41) is 14.1. The normalized spacial score (nSPS) is 17.6. The smallest absolute Gasteiger partial charge is 0.322 e. The molecule has 6 rings (SSSR count). The number of rotatable bonds is 10. The number of carbonyl (C=O) groups excluding carboxylic acids is 3. The maximum absolute atomic E-state index is 14.9. The third kappa shape index (κ3) is 6.97. The number of hydrogen-bond acceptors (Lipinski definition) is 9. The quantitative estimate of drug-likeness (QED) is 0.142. The topological polar surface area (TPSA) is 126 Å². The van der Waals surface area contributed by atoms with Gasteiger partial charge in [-0.3, -0.25) is 19.3 Å². The van der Waals surface area contributed by atoms with Gasteiger partial charge in [-0.15, -0.1) is 0 Å². The number of halogens is 1. The van der Waals surface area contributed by atoms with Crippen LogP contribution in [0.25, 0.3) is 34.0 Å². The number of amides is 1. The molecule has 1 atom stereocenters. The number of aliphatic hydroxyl groups is 1. The Morgan fingerprint density at radius 2 is 1.71 bits per heavy atom. The van der Waals surface area contributed by atoms with Gasteiger partial charge in [0, 0.05) is 49.4 Å². The fourth-order valence-electron chi connectivity index (χ4n) is 6.19. The zero-order valence-electron chi connectivity index (χ0n) is 26.7. The van der Waals surface area contributed by atoms with Crippen molar-refractivity contribution in [2.24, 2.45) is 5.41 Å². The summed E-state index contributed by atoms with van der Waals surface area (Å²) in [6, 6.07) is 21.8. The van der Waals surface area contributed by atoms with Crippen LogP contribution in [0.2, 0.25) is 0 Å². The Morgan fingerprint density at radius 1 is 1.00 bits per heavy atom. The van der Waals surface area contributed by atoms with Gasteiger partial charge in [0.05, 0.1) is 6.10 Å². The summed E-state index contributed by atoms with van der Waals surface area (Å²) in [6.07, 6.45) is 0.298. The molecular weight excluding hydrogens is 615 g/mol. The number of esters is 1. The molecule has 1 amide bonds. The summed E-state index contributed by atoms with van der Waals surface area (Å²) < 4.78 is 25.8.